The Morgan fingerprint density at radius 1 is 1.12 bits per heavy atom. The first-order valence-electron chi connectivity index (χ1n) is 7.84. The third kappa shape index (κ3) is 5.48. The van der Waals surface area contributed by atoms with E-state index in [1.54, 1.807) is 28.6 Å². The zero-order valence-corrected chi connectivity index (χ0v) is 16.1. The van der Waals surface area contributed by atoms with Gasteiger partial charge in [-0.1, -0.05) is 47.6 Å². The highest BCUT2D eigenvalue weighted by molar-refractivity contribution is 7.99. The maximum atomic E-state index is 12.0. The van der Waals surface area contributed by atoms with Gasteiger partial charge in [-0.25, -0.2) is 0 Å². The lowest BCUT2D eigenvalue weighted by Gasteiger charge is -2.06. The molecule has 0 aliphatic carbocycles. The van der Waals surface area contributed by atoms with Crippen molar-refractivity contribution in [3.8, 4) is 5.69 Å². The first kappa shape index (κ1) is 18.8. The highest BCUT2D eigenvalue weighted by Crippen LogP contribution is 2.20. The van der Waals surface area contributed by atoms with Crippen molar-refractivity contribution < 1.29 is 4.79 Å². The molecule has 0 atom stereocenters. The number of rotatable bonds is 8. The van der Waals surface area contributed by atoms with Gasteiger partial charge < -0.3 is 5.32 Å². The van der Waals surface area contributed by atoms with Crippen molar-refractivity contribution in [1.29, 1.82) is 0 Å². The van der Waals surface area contributed by atoms with Gasteiger partial charge in [0.1, 0.15) is 0 Å². The number of aromatic nitrogens is 4. The lowest BCUT2D eigenvalue weighted by molar-refractivity contribution is -0.118. The zero-order valence-electron chi connectivity index (χ0n) is 13.7. The summed E-state index contributed by atoms with van der Waals surface area (Å²) in [6, 6.07) is 17.3. The van der Waals surface area contributed by atoms with Crippen LogP contribution >= 0.6 is 35.1 Å². The maximum absolute atomic E-state index is 12.0. The Bertz CT molecular complexity index is 859. The van der Waals surface area contributed by atoms with Crippen molar-refractivity contribution >= 4 is 41.0 Å². The summed E-state index contributed by atoms with van der Waals surface area (Å²) in [4.78, 5) is 13.2. The second-order valence-electron chi connectivity index (χ2n) is 5.15. The Morgan fingerprint density at radius 2 is 1.96 bits per heavy atom. The van der Waals surface area contributed by atoms with Gasteiger partial charge >= 0.3 is 0 Å². The molecule has 0 saturated heterocycles. The number of carbonyl (C=O) groups is 1. The number of hydrogen-bond acceptors (Lipinski definition) is 6. The van der Waals surface area contributed by atoms with Crippen LogP contribution in [0.25, 0.3) is 5.69 Å². The first-order valence-corrected chi connectivity index (χ1v) is 10.2. The average molecular weight is 406 g/mol. The number of benzene rings is 2. The van der Waals surface area contributed by atoms with Crippen molar-refractivity contribution in [3.63, 3.8) is 0 Å². The van der Waals surface area contributed by atoms with Gasteiger partial charge in [0, 0.05) is 22.2 Å². The van der Waals surface area contributed by atoms with Crippen molar-refractivity contribution in [2.45, 2.75) is 10.1 Å². The Hall–Kier alpha value is -2.03. The molecule has 1 amide bonds. The molecule has 6 nitrogen and oxygen atoms in total. The van der Waals surface area contributed by atoms with E-state index in [0.29, 0.717) is 16.7 Å². The van der Waals surface area contributed by atoms with E-state index in [9.17, 15) is 4.79 Å². The fourth-order valence-electron chi connectivity index (χ4n) is 2.10. The Labute approximate surface area is 164 Å². The smallest absolute Gasteiger partial charge is 0.230 e. The van der Waals surface area contributed by atoms with Gasteiger partial charge in [0.25, 0.3) is 0 Å². The third-order valence-corrected chi connectivity index (χ3v) is 5.43. The summed E-state index contributed by atoms with van der Waals surface area (Å²) in [6.07, 6.45) is 0. The number of halogens is 1. The molecule has 2 aromatic carbocycles. The summed E-state index contributed by atoms with van der Waals surface area (Å²) in [5.74, 6) is 1.02. The van der Waals surface area contributed by atoms with Crippen LogP contribution in [0.1, 0.15) is 0 Å². The van der Waals surface area contributed by atoms with Crippen molar-refractivity contribution in [3.05, 3.63) is 59.6 Å². The van der Waals surface area contributed by atoms with Crippen LogP contribution in [0.15, 0.2) is 64.6 Å². The largest absolute Gasteiger partial charge is 0.355 e. The number of carbonyl (C=O) groups excluding carboxylic acids is 1. The lowest BCUT2D eigenvalue weighted by Crippen LogP contribution is -2.27. The molecule has 0 spiro atoms. The van der Waals surface area contributed by atoms with Crippen molar-refractivity contribution in [2.24, 2.45) is 0 Å². The predicted molar refractivity (Wildman–Crippen MR) is 105 cm³/mol. The van der Waals surface area contributed by atoms with Crippen LogP contribution < -0.4 is 5.32 Å². The minimum absolute atomic E-state index is 0.0516. The fourth-order valence-corrected chi connectivity index (χ4v) is 3.79. The van der Waals surface area contributed by atoms with Crippen molar-refractivity contribution in [1.82, 2.24) is 25.5 Å². The average Bonchev–Trinajstić information content (AvgIpc) is 3.13. The SMILES string of the molecule is O=C(CSc1nnnn1-c1cccc(Cl)c1)NCCSc1ccccc1. The molecule has 134 valence electrons. The van der Waals surface area contributed by atoms with E-state index in [1.807, 2.05) is 30.3 Å². The summed E-state index contributed by atoms with van der Waals surface area (Å²) >= 11 is 8.99. The molecule has 0 radical (unpaired) electrons. The number of hydrogen-bond donors (Lipinski definition) is 1. The molecule has 0 bridgehead atoms. The molecule has 1 heterocycles. The quantitative estimate of drug-likeness (QED) is 0.458. The van der Waals surface area contributed by atoms with Crippen molar-refractivity contribution in [2.75, 3.05) is 18.1 Å². The molecule has 0 fully saturated rings. The number of nitrogens with zero attached hydrogens (tertiary/aromatic N) is 4. The Morgan fingerprint density at radius 3 is 2.77 bits per heavy atom. The second kappa shape index (κ2) is 9.61. The van der Waals surface area contributed by atoms with Crippen LogP contribution in [0.2, 0.25) is 5.02 Å². The molecule has 0 saturated carbocycles. The highest BCUT2D eigenvalue weighted by Gasteiger charge is 2.11. The number of tetrazole rings is 1. The number of nitrogens with one attached hydrogen (secondary N) is 1. The number of amides is 1. The van der Waals surface area contributed by atoms with Crippen LogP contribution in [-0.4, -0.2) is 44.2 Å². The van der Waals surface area contributed by atoms with Gasteiger partial charge in [0.05, 0.1) is 11.4 Å². The van der Waals surface area contributed by atoms with E-state index in [-0.39, 0.29) is 11.7 Å². The van der Waals surface area contributed by atoms with Crippen LogP contribution in [0.3, 0.4) is 0 Å². The second-order valence-corrected chi connectivity index (χ2v) is 7.70. The van der Waals surface area contributed by atoms with E-state index in [4.69, 9.17) is 11.6 Å². The Kier molecular flexibility index (Phi) is 6.93. The minimum atomic E-state index is -0.0516. The molecule has 3 rings (SSSR count). The van der Waals surface area contributed by atoms with Gasteiger partial charge in [-0.05, 0) is 40.8 Å². The lowest BCUT2D eigenvalue weighted by atomic mass is 10.3. The molecule has 26 heavy (non-hydrogen) atoms. The van der Waals surface area contributed by atoms with Crippen LogP contribution in [0, 0.1) is 0 Å². The van der Waals surface area contributed by atoms with E-state index >= 15 is 0 Å². The molecule has 1 aromatic heterocycles. The van der Waals surface area contributed by atoms with E-state index in [1.165, 1.54) is 16.7 Å². The summed E-state index contributed by atoms with van der Waals surface area (Å²) < 4.78 is 1.56. The minimum Gasteiger partial charge on any atom is -0.355 e. The normalized spacial score (nSPS) is 10.7. The van der Waals surface area contributed by atoms with Gasteiger partial charge in [-0.15, -0.1) is 16.9 Å². The predicted octanol–water partition coefficient (Wildman–Crippen LogP) is 3.32. The van der Waals surface area contributed by atoms with E-state index in [0.717, 1.165) is 11.4 Å². The Balaban J connectivity index is 1.44. The van der Waals surface area contributed by atoms with Crippen LogP contribution in [-0.2, 0) is 4.79 Å². The van der Waals surface area contributed by atoms with E-state index in [2.05, 4.69) is 33.0 Å². The van der Waals surface area contributed by atoms with Gasteiger partial charge in [-0.3, -0.25) is 4.79 Å². The molecule has 3 aromatic rings. The van der Waals surface area contributed by atoms with Crippen LogP contribution in [0.5, 0.6) is 0 Å². The summed E-state index contributed by atoms with van der Waals surface area (Å²) in [5, 5.41) is 15.6. The third-order valence-electron chi connectivity index (χ3n) is 3.26. The number of thioether (sulfide) groups is 2. The van der Waals surface area contributed by atoms with Gasteiger partial charge in [0.15, 0.2) is 0 Å². The molecule has 0 unspecified atom stereocenters. The monoisotopic (exact) mass is 405 g/mol. The molecule has 0 aliphatic heterocycles. The standard InChI is InChI=1S/C17H16ClN5OS2/c18-13-5-4-6-14(11-13)23-17(20-21-22-23)26-12-16(24)19-9-10-25-15-7-2-1-3-8-15/h1-8,11H,9-10,12H2,(H,19,24). The molecule has 9 heteroatoms. The summed E-state index contributed by atoms with van der Waals surface area (Å²) in [5.41, 5.74) is 0.754. The topological polar surface area (TPSA) is 72.7 Å². The summed E-state index contributed by atoms with van der Waals surface area (Å²) in [7, 11) is 0. The van der Waals surface area contributed by atoms with Gasteiger partial charge in [-0.2, -0.15) is 4.68 Å². The van der Waals surface area contributed by atoms with Gasteiger partial charge in [0.2, 0.25) is 11.1 Å². The highest BCUT2D eigenvalue weighted by atomic mass is 35.5. The summed E-state index contributed by atoms with van der Waals surface area (Å²) in [6.45, 7) is 0.609. The van der Waals surface area contributed by atoms with E-state index < -0.39 is 0 Å². The fraction of sp³-hybridized carbons (Fsp3) is 0.176. The zero-order chi connectivity index (χ0) is 18.2. The molecular formula is C17H16ClN5OS2. The molecular weight excluding hydrogens is 390 g/mol. The molecule has 1 N–H and O–H groups in total. The van der Waals surface area contributed by atoms with Crippen LogP contribution in [0.4, 0.5) is 0 Å². The first-order chi connectivity index (χ1) is 12.7. The maximum Gasteiger partial charge on any atom is 0.230 e. The molecule has 0 aliphatic rings.